The van der Waals surface area contributed by atoms with Crippen LogP contribution in [0.1, 0.15) is 11.1 Å². The van der Waals surface area contributed by atoms with Crippen LogP contribution in [-0.2, 0) is 6.42 Å². The van der Waals surface area contributed by atoms with E-state index in [0.717, 1.165) is 5.56 Å². The van der Waals surface area contributed by atoms with Gasteiger partial charge in [0.1, 0.15) is 0 Å². The first-order chi connectivity index (χ1) is 8.16. The largest absolute Gasteiger partial charge is 0.347 e. The minimum Gasteiger partial charge on any atom is -0.347 e. The zero-order valence-corrected chi connectivity index (χ0v) is 9.71. The zero-order valence-electron chi connectivity index (χ0n) is 9.71. The highest BCUT2D eigenvalue weighted by molar-refractivity contribution is 5.28. The van der Waals surface area contributed by atoms with Crippen LogP contribution in [0.4, 0.5) is 5.95 Å². The van der Waals surface area contributed by atoms with Crippen molar-refractivity contribution in [2.75, 3.05) is 19.0 Å². The van der Waals surface area contributed by atoms with Crippen LogP contribution in [0.15, 0.2) is 29.7 Å². The van der Waals surface area contributed by atoms with Gasteiger partial charge in [0.2, 0.25) is 5.95 Å². The minimum atomic E-state index is -0.128. The number of anilines is 1. The van der Waals surface area contributed by atoms with Crippen molar-refractivity contribution >= 4 is 5.95 Å². The molecule has 0 aliphatic rings. The molecule has 0 fully saturated rings. The minimum absolute atomic E-state index is 0.128. The van der Waals surface area contributed by atoms with Gasteiger partial charge in [-0.2, -0.15) is 0 Å². The fourth-order valence-corrected chi connectivity index (χ4v) is 1.39. The summed E-state index contributed by atoms with van der Waals surface area (Å²) in [5, 5.41) is 0. The first-order valence-electron chi connectivity index (χ1n) is 5.16. The topological polar surface area (TPSA) is 74.8 Å². The lowest BCUT2D eigenvalue weighted by atomic mass is 10.1. The van der Waals surface area contributed by atoms with E-state index in [-0.39, 0.29) is 5.56 Å². The van der Waals surface area contributed by atoms with Crippen LogP contribution in [-0.4, -0.2) is 34.0 Å². The predicted molar refractivity (Wildman–Crippen MR) is 64.0 cm³/mol. The molecule has 6 heteroatoms. The van der Waals surface area contributed by atoms with E-state index in [1.807, 2.05) is 19.0 Å². The van der Waals surface area contributed by atoms with Gasteiger partial charge in [-0.05, 0) is 5.56 Å². The van der Waals surface area contributed by atoms with Crippen molar-refractivity contribution < 1.29 is 0 Å². The van der Waals surface area contributed by atoms with Gasteiger partial charge in [0.15, 0.2) is 0 Å². The van der Waals surface area contributed by atoms with Gasteiger partial charge in [0, 0.05) is 44.7 Å². The molecule has 0 unspecified atom stereocenters. The highest BCUT2D eigenvalue weighted by Gasteiger charge is 2.03. The van der Waals surface area contributed by atoms with E-state index in [1.54, 1.807) is 18.6 Å². The standard InChI is InChI=1S/C11H13N5O/c1-16(2)11-13-4-8(5-14-11)3-9-6-12-7-15-10(9)17/h4-7H,3H2,1-2H3,(H,12,15,17). The Balaban J connectivity index is 2.20. The van der Waals surface area contributed by atoms with Gasteiger partial charge < -0.3 is 9.88 Å². The number of nitrogens with one attached hydrogen (secondary N) is 1. The van der Waals surface area contributed by atoms with E-state index >= 15 is 0 Å². The van der Waals surface area contributed by atoms with Crippen molar-refractivity contribution in [2.45, 2.75) is 6.42 Å². The maximum Gasteiger partial charge on any atom is 0.254 e. The fraction of sp³-hybridized carbons (Fsp3) is 0.273. The molecule has 1 N–H and O–H groups in total. The Hall–Kier alpha value is -2.24. The molecule has 2 aromatic rings. The Morgan fingerprint density at radius 3 is 2.53 bits per heavy atom. The number of H-pyrrole nitrogens is 1. The molecule has 0 amide bonds. The highest BCUT2D eigenvalue weighted by atomic mass is 16.1. The van der Waals surface area contributed by atoms with Gasteiger partial charge in [-0.25, -0.2) is 15.0 Å². The molecule has 0 bridgehead atoms. The molecular weight excluding hydrogens is 218 g/mol. The summed E-state index contributed by atoms with van der Waals surface area (Å²) in [6, 6.07) is 0. The normalized spacial score (nSPS) is 10.2. The summed E-state index contributed by atoms with van der Waals surface area (Å²) < 4.78 is 0. The van der Waals surface area contributed by atoms with Gasteiger partial charge in [-0.1, -0.05) is 0 Å². The molecule has 0 saturated heterocycles. The number of hydrogen-bond donors (Lipinski definition) is 1. The molecule has 0 saturated carbocycles. The molecule has 0 aliphatic carbocycles. The maximum atomic E-state index is 11.5. The molecule has 0 aliphatic heterocycles. The van der Waals surface area contributed by atoms with Crippen LogP contribution in [0.5, 0.6) is 0 Å². The summed E-state index contributed by atoms with van der Waals surface area (Å²) in [6.45, 7) is 0. The molecular formula is C11H13N5O. The third kappa shape index (κ3) is 2.66. The maximum absolute atomic E-state index is 11.5. The first-order valence-corrected chi connectivity index (χ1v) is 5.16. The van der Waals surface area contributed by atoms with Crippen molar-refractivity contribution in [1.82, 2.24) is 19.9 Å². The van der Waals surface area contributed by atoms with Crippen LogP contribution < -0.4 is 10.5 Å². The lowest BCUT2D eigenvalue weighted by Gasteiger charge is -2.09. The SMILES string of the molecule is CN(C)c1ncc(Cc2cnc[nH]c2=O)cn1. The smallest absolute Gasteiger partial charge is 0.254 e. The van der Waals surface area contributed by atoms with Crippen molar-refractivity contribution in [3.8, 4) is 0 Å². The fourth-order valence-electron chi connectivity index (χ4n) is 1.39. The second kappa shape index (κ2) is 4.73. The van der Waals surface area contributed by atoms with Crippen molar-refractivity contribution in [1.29, 1.82) is 0 Å². The Kier molecular flexibility index (Phi) is 3.13. The van der Waals surface area contributed by atoms with Crippen molar-refractivity contribution in [3.63, 3.8) is 0 Å². The predicted octanol–water partition coefficient (Wildman–Crippen LogP) is 0.217. The van der Waals surface area contributed by atoms with Crippen LogP contribution in [0.3, 0.4) is 0 Å². The summed E-state index contributed by atoms with van der Waals surface area (Å²) in [5.41, 5.74) is 1.36. The third-order valence-corrected chi connectivity index (χ3v) is 2.28. The Morgan fingerprint density at radius 2 is 1.94 bits per heavy atom. The molecule has 0 aromatic carbocycles. The lowest BCUT2D eigenvalue weighted by Crippen LogP contribution is -2.14. The second-order valence-electron chi connectivity index (χ2n) is 3.87. The monoisotopic (exact) mass is 231 g/mol. The third-order valence-electron chi connectivity index (χ3n) is 2.28. The quantitative estimate of drug-likeness (QED) is 0.817. The molecule has 17 heavy (non-hydrogen) atoms. The van der Waals surface area contributed by atoms with E-state index < -0.39 is 0 Å². The average molecular weight is 231 g/mol. The van der Waals surface area contributed by atoms with E-state index in [4.69, 9.17) is 0 Å². The van der Waals surface area contributed by atoms with Crippen LogP contribution in [0.25, 0.3) is 0 Å². The molecule has 6 nitrogen and oxygen atoms in total. The van der Waals surface area contributed by atoms with Gasteiger partial charge in [-0.15, -0.1) is 0 Å². The second-order valence-corrected chi connectivity index (χ2v) is 3.87. The number of aromatic amines is 1. The van der Waals surface area contributed by atoms with Gasteiger partial charge in [0.25, 0.3) is 5.56 Å². The molecule has 0 atom stereocenters. The molecule has 0 spiro atoms. The Bertz CT molecular complexity index is 546. The van der Waals surface area contributed by atoms with E-state index in [1.165, 1.54) is 6.33 Å². The number of aromatic nitrogens is 4. The summed E-state index contributed by atoms with van der Waals surface area (Å²) in [7, 11) is 3.75. The number of rotatable bonds is 3. The Labute approximate surface area is 98.4 Å². The highest BCUT2D eigenvalue weighted by Crippen LogP contribution is 2.06. The van der Waals surface area contributed by atoms with Gasteiger partial charge in [0.05, 0.1) is 6.33 Å². The van der Waals surface area contributed by atoms with Crippen LogP contribution in [0, 0.1) is 0 Å². The molecule has 2 heterocycles. The Morgan fingerprint density at radius 1 is 1.24 bits per heavy atom. The molecule has 2 rings (SSSR count). The van der Waals surface area contributed by atoms with Crippen LogP contribution in [0.2, 0.25) is 0 Å². The van der Waals surface area contributed by atoms with E-state index in [9.17, 15) is 4.79 Å². The molecule has 88 valence electrons. The van der Waals surface area contributed by atoms with Crippen molar-refractivity contribution in [3.05, 3.63) is 46.4 Å². The molecule has 0 radical (unpaired) electrons. The number of nitrogens with zero attached hydrogens (tertiary/aromatic N) is 4. The zero-order chi connectivity index (χ0) is 12.3. The molecule has 2 aromatic heterocycles. The van der Waals surface area contributed by atoms with E-state index in [2.05, 4.69) is 19.9 Å². The summed E-state index contributed by atoms with van der Waals surface area (Å²) in [6.07, 6.45) is 6.84. The van der Waals surface area contributed by atoms with Crippen molar-refractivity contribution in [2.24, 2.45) is 0 Å². The summed E-state index contributed by atoms with van der Waals surface area (Å²) in [4.78, 5) is 28.1. The first kappa shape index (κ1) is 11.3. The average Bonchev–Trinajstić information content (AvgIpc) is 2.33. The lowest BCUT2D eigenvalue weighted by molar-refractivity contribution is 0.962. The summed E-state index contributed by atoms with van der Waals surface area (Å²) in [5.74, 6) is 0.647. The number of hydrogen-bond acceptors (Lipinski definition) is 5. The van der Waals surface area contributed by atoms with Crippen LogP contribution >= 0.6 is 0 Å². The van der Waals surface area contributed by atoms with E-state index in [0.29, 0.717) is 17.9 Å². The summed E-state index contributed by atoms with van der Waals surface area (Å²) >= 11 is 0. The van der Waals surface area contributed by atoms with Gasteiger partial charge >= 0.3 is 0 Å². The van der Waals surface area contributed by atoms with Gasteiger partial charge in [-0.3, -0.25) is 4.79 Å².